The van der Waals surface area contributed by atoms with Gasteiger partial charge in [-0.2, -0.15) is 0 Å². The molecule has 0 aliphatic carbocycles. The van der Waals surface area contributed by atoms with Gasteiger partial charge in [-0.3, -0.25) is 9.36 Å². The van der Waals surface area contributed by atoms with Gasteiger partial charge in [0.05, 0.1) is 5.52 Å². The van der Waals surface area contributed by atoms with Crippen molar-refractivity contribution in [2.75, 3.05) is 25.0 Å². The monoisotopic (exact) mass is 379 g/mol. The van der Waals surface area contributed by atoms with Crippen molar-refractivity contribution in [2.24, 2.45) is 0 Å². The Labute approximate surface area is 164 Å². The number of carbonyl (C=O) groups excluding carboxylic acids is 1. The van der Waals surface area contributed by atoms with Gasteiger partial charge in [-0.15, -0.1) is 0 Å². The first-order valence-corrected chi connectivity index (χ1v) is 9.74. The van der Waals surface area contributed by atoms with Crippen molar-refractivity contribution in [2.45, 2.75) is 32.4 Å². The molecule has 1 atom stereocenters. The Morgan fingerprint density at radius 1 is 1.11 bits per heavy atom. The average molecular weight is 379 g/mol. The molecule has 4 rings (SSSR count). The molecule has 6 nitrogen and oxygen atoms in total. The van der Waals surface area contributed by atoms with E-state index in [0.29, 0.717) is 17.6 Å². The molecule has 1 unspecified atom stereocenters. The predicted molar refractivity (Wildman–Crippen MR) is 110 cm³/mol. The highest BCUT2D eigenvalue weighted by Crippen LogP contribution is 2.26. The molecule has 1 aliphatic rings. The fourth-order valence-electron chi connectivity index (χ4n) is 4.02. The number of likely N-dealkylation sites (N-methyl/N-ethyl adjacent to an activating group) is 1. The first-order valence-electron chi connectivity index (χ1n) is 9.74. The summed E-state index contributed by atoms with van der Waals surface area (Å²) in [7, 11) is 1.78. The third-order valence-corrected chi connectivity index (χ3v) is 5.49. The molecule has 0 N–H and O–H groups in total. The van der Waals surface area contributed by atoms with Gasteiger partial charge >= 0.3 is 5.76 Å². The lowest BCUT2D eigenvalue weighted by Gasteiger charge is -2.26. The van der Waals surface area contributed by atoms with Crippen LogP contribution in [-0.4, -0.2) is 35.5 Å². The molecule has 0 saturated carbocycles. The number of hydrogen-bond donors (Lipinski definition) is 0. The maximum Gasteiger partial charge on any atom is 0.420 e. The molecule has 0 bridgehead atoms. The molecule has 1 amide bonds. The Kier molecular flexibility index (Phi) is 4.94. The number of nitrogens with zero attached hydrogens (tertiary/aromatic N) is 3. The number of carbonyl (C=O) groups is 1. The van der Waals surface area contributed by atoms with E-state index in [2.05, 4.69) is 17.0 Å². The molecular formula is C22H25N3O3. The van der Waals surface area contributed by atoms with Crippen molar-refractivity contribution >= 4 is 22.7 Å². The number of anilines is 1. The first-order chi connectivity index (χ1) is 13.6. The van der Waals surface area contributed by atoms with E-state index in [0.717, 1.165) is 18.7 Å². The van der Waals surface area contributed by atoms with Gasteiger partial charge in [-0.1, -0.05) is 30.3 Å². The molecule has 2 aromatic carbocycles. The fraction of sp³-hybridized carbons (Fsp3) is 0.364. The van der Waals surface area contributed by atoms with Gasteiger partial charge in [0.25, 0.3) is 0 Å². The summed E-state index contributed by atoms with van der Waals surface area (Å²) in [5.74, 6) is -0.627. The van der Waals surface area contributed by atoms with Crippen LogP contribution in [-0.2, 0) is 11.3 Å². The van der Waals surface area contributed by atoms with E-state index in [1.807, 2.05) is 24.3 Å². The quantitative estimate of drug-likeness (QED) is 0.682. The number of para-hydroxylation sites is 3. The molecule has 6 heteroatoms. The van der Waals surface area contributed by atoms with Crippen molar-refractivity contribution < 1.29 is 9.21 Å². The zero-order valence-corrected chi connectivity index (χ0v) is 16.3. The summed E-state index contributed by atoms with van der Waals surface area (Å²) in [4.78, 5) is 29.5. The van der Waals surface area contributed by atoms with Crippen molar-refractivity contribution in [3.8, 4) is 0 Å². The maximum atomic E-state index is 13.1. The van der Waals surface area contributed by atoms with Crippen LogP contribution in [0.3, 0.4) is 0 Å². The van der Waals surface area contributed by atoms with Crippen LogP contribution in [0, 0.1) is 0 Å². The second-order valence-electron chi connectivity index (χ2n) is 7.40. The van der Waals surface area contributed by atoms with E-state index >= 15 is 0 Å². The van der Waals surface area contributed by atoms with Crippen molar-refractivity contribution in [3.63, 3.8) is 0 Å². The highest BCUT2D eigenvalue weighted by atomic mass is 16.4. The number of aromatic nitrogens is 1. The Morgan fingerprint density at radius 2 is 1.79 bits per heavy atom. The molecule has 2 heterocycles. The van der Waals surface area contributed by atoms with Crippen LogP contribution in [0.25, 0.3) is 11.1 Å². The van der Waals surface area contributed by atoms with Crippen LogP contribution < -0.4 is 10.7 Å². The summed E-state index contributed by atoms with van der Waals surface area (Å²) >= 11 is 0. The van der Waals surface area contributed by atoms with E-state index in [4.69, 9.17) is 4.42 Å². The molecule has 1 saturated heterocycles. The van der Waals surface area contributed by atoms with Crippen molar-refractivity contribution in [3.05, 3.63) is 64.6 Å². The van der Waals surface area contributed by atoms with Gasteiger partial charge in [0.1, 0.15) is 6.04 Å². The Morgan fingerprint density at radius 3 is 2.57 bits per heavy atom. The summed E-state index contributed by atoms with van der Waals surface area (Å²) in [6.45, 7) is 4.36. The van der Waals surface area contributed by atoms with E-state index in [1.54, 1.807) is 31.0 Å². The van der Waals surface area contributed by atoms with Crippen LogP contribution in [0.15, 0.2) is 57.7 Å². The molecule has 1 aromatic heterocycles. The number of amides is 1. The zero-order valence-electron chi connectivity index (χ0n) is 16.3. The minimum absolute atomic E-state index is 0.120. The highest BCUT2D eigenvalue weighted by Gasteiger charge is 2.25. The lowest BCUT2D eigenvalue weighted by molar-refractivity contribution is -0.133. The predicted octanol–water partition coefficient (Wildman–Crippen LogP) is 3.41. The van der Waals surface area contributed by atoms with Crippen LogP contribution in [0.1, 0.15) is 31.4 Å². The summed E-state index contributed by atoms with van der Waals surface area (Å²) in [6.07, 6.45) is 2.41. The Balaban J connectivity index is 1.57. The number of fused-ring (bicyclic) bond motifs is 1. The van der Waals surface area contributed by atoms with Gasteiger partial charge in [-0.05, 0) is 43.5 Å². The van der Waals surface area contributed by atoms with Crippen molar-refractivity contribution in [1.82, 2.24) is 9.47 Å². The molecule has 0 spiro atoms. The normalized spacial score (nSPS) is 15.1. The van der Waals surface area contributed by atoms with Gasteiger partial charge in [0.2, 0.25) is 5.91 Å². The lowest BCUT2D eigenvalue weighted by atomic mass is 10.1. The summed E-state index contributed by atoms with van der Waals surface area (Å²) in [6, 6.07) is 14.8. The second kappa shape index (κ2) is 7.54. The topological polar surface area (TPSA) is 58.7 Å². The van der Waals surface area contributed by atoms with E-state index < -0.39 is 11.8 Å². The second-order valence-corrected chi connectivity index (χ2v) is 7.40. The van der Waals surface area contributed by atoms with Gasteiger partial charge in [0, 0.05) is 32.4 Å². The largest absolute Gasteiger partial charge is 0.420 e. The van der Waals surface area contributed by atoms with Crippen LogP contribution in [0.5, 0.6) is 0 Å². The molecule has 1 fully saturated rings. The molecule has 146 valence electrons. The lowest BCUT2D eigenvalue weighted by Crippen LogP contribution is -2.36. The fourth-order valence-corrected chi connectivity index (χ4v) is 4.02. The third-order valence-electron chi connectivity index (χ3n) is 5.49. The van der Waals surface area contributed by atoms with E-state index in [-0.39, 0.29) is 5.91 Å². The first kappa shape index (κ1) is 18.3. The van der Waals surface area contributed by atoms with Crippen molar-refractivity contribution in [1.29, 1.82) is 0 Å². The summed E-state index contributed by atoms with van der Waals surface area (Å²) in [5.41, 5.74) is 3.45. The van der Waals surface area contributed by atoms with Gasteiger partial charge in [0.15, 0.2) is 5.58 Å². The molecule has 3 aromatic rings. The minimum atomic E-state index is -0.639. The molecule has 28 heavy (non-hydrogen) atoms. The van der Waals surface area contributed by atoms with Crippen LogP contribution in [0.4, 0.5) is 5.69 Å². The standard InChI is InChI=1S/C22H25N3O3/c1-16(25-19-11-5-6-12-20(19)28-22(25)27)21(26)23(2)15-17-9-3-4-10-18(17)24-13-7-8-14-24/h3-6,9-12,16H,7-8,13-15H2,1-2H3. The molecular weight excluding hydrogens is 354 g/mol. The number of oxazole rings is 1. The molecule has 0 radical (unpaired) electrons. The number of rotatable bonds is 5. The average Bonchev–Trinajstić information content (AvgIpc) is 3.34. The minimum Gasteiger partial charge on any atom is -0.408 e. The van der Waals surface area contributed by atoms with Crippen LogP contribution >= 0.6 is 0 Å². The van der Waals surface area contributed by atoms with Gasteiger partial charge in [-0.25, -0.2) is 4.79 Å². The maximum absolute atomic E-state index is 13.1. The Hall–Kier alpha value is -3.02. The van der Waals surface area contributed by atoms with Crippen LogP contribution in [0.2, 0.25) is 0 Å². The number of hydrogen-bond acceptors (Lipinski definition) is 4. The van der Waals surface area contributed by atoms with Gasteiger partial charge < -0.3 is 14.2 Å². The third kappa shape index (κ3) is 3.30. The summed E-state index contributed by atoms with van der Waals surface area (Å²) < 4.78 is 6.72. The van der Waals surface area contributed by atoms with E-state index in [1.165, 1.54) is 23.1 Å². The van der Waals surface area contributed by atoms with E-state index in [9.17, 15) is 9.59 Å². The highest BCUT2D eigenvalue weighted by molar-refractivity contribution is 5.83. The zero-order chi connectivity index (χ0) is 19.7. The Bertz CT molecular complexity index is 1050. The smallest absolute Gasteiger partial charge is 0.408 e. The summed E-state index contributed by atoms with van der Waals surface area (Å²) in [5, 5.41) is 0. The molecule has 1 aliphatic heterocycles. The SMILES string of the molecule is CC(C(=O)N(C)Cc1ccccc1N1CCCC1)n1c(=O)oc2ccccc21. The number of benzene rings is 2.